The fourth-order valence-electron chi connectivity index (χ4n) is 3.93. The lowest BCUT2D eigenvalue weighted by Crippen LogP contribution is -2.30. The van der Waals surface area contributed by atoms with Crippen molar-refractivity contribution < 1.29 is 4.79 Å². The lowest BCUT2D eigenvalue weighted by molar-refractivity contribution is 0.0950. The van der Waals surface area contributed by atoms with E-state index in [-0.39, 0.29) is 5.91 Å². The summed E-state index contributed by atoms with van der Waals surface area (Å²) in [7, 11) is 0. The molecule has 1 aliphatic carbocycles. The molecule has 134 valence electrons. The van der Waals surface area contributed by atoms with E-state index in [2.05, 4.69) is 34.7 Å². The Labute approximate surface area is 154 Å². The highest BCUT2D eigenvalue weighted by atomic mass is 16.1. The summed E-state index contributed by atoms with van der Waals surface area (Å²) in [5, 5.41) is 9.62. The number of fused-ring (bicyclic) bond motifs is 1. The summed E-state index contributed by atoms with van der Waals surface area (Å²) in [6.45, 7) is 3.66. The van der Waals surface area contributed by atoms with Crippen LogP contribution in [-0.2, 0) is 6.42 Å². The van der Waals surface area contributed by atoms with Crippen LogP contribution in [-0.4, -0.2) is 24.7 Å². The Bertz CT molecular complexity index is 826. The van der Waals surface area contributed by atoms with E-state index in [0.29, 0.717) is 18.0 Å². The average Bonchev–Trinajstić information content (AvgIpc) is 3.12. The average molecular weight is 347 g/mol. The van der Waals surface area contributed by atoms with Gasteiger partial charge in [0.05, 0.1) is 5.69 Å². The molecule has 2 aromatic rings. The summed E-state index contributed by atoms with van der Waals surface area (Å²) in [5.74, 6) is 0.422. The van der Waals surface area contributed by atoms with Gasteiger partial charge in [-0.2, -0.15) is 5.10 Å². The van der Waals surface area contributed by atoms with E-state index in [9.17, 15) is 4.79 Å². The molecule has 1 atom stereocenters. The van der Waals surface area contributed by atoms with Gasteiger partial charge in [-0.25, -0.2) is 0 Å². The molecule has 4 nitrogen and oxygen atoms in total. The van der Waals surface area contributed by atoms with Crippen molar-refractivity contribution in [3.05, 3.63) is 65.2 Å². The molecule has 1 aliphatic heterocycles. The van der Waals surface area contributed by atoms with Crippen LogP contribution in [0.4, 0.5) is 5.69 Å². The Morgan fingerprint density at radius 2 is 1.96 bits per heavy atom. The molecule has 2 aliphatic rings. The van der Waals surface area contributed by atoms with Crippen LogP contribution in [0.25, 0.3) is 0 Å². The van der Waals surface area contributed by atoms with Gasteiger partial charge in [0.15, 0.2) is 0 Å². The van der Waals surface area contributed by atoms with Crippen molar-refractivity contribution in [2.24, 2.45) is 5.10 Å². The third-order valence-corrected chi connectivity index (χ3v) is 5.41. The number of aryl methyl sites for hydroxylation is 1. The summed E-state index contributed by atoms with van der Waals surface area (Å²) in [6.07, 6.45) is 4.50. The Hall–Kier alpha value is -2.62. The Kier molecular flexibility index (Phi) is 4.74. The first-order chi connectivity index (χ1) is 12.7. The number of hydrogen-bond donors (Lipinski definition) is 1. The number of nitrogens with zero attached hydrogens (tertiary/aromatic N) is 2. The quantitative estimate of drug-likeness (QED) is 0.904. The molecule has 26 heavy (non-hydrogen) atoms. The molecule has 0 aromatic heterocycles. The molecule has 1 heterocycles. The van der Waals surface area contributed by atoms with Gasteiger partial charge in [-0.05, 0) is 61.6 Å². The highest BCUT2D eigenvalue weighted by molar-refractivity contribution is 5.94. The minimum absolute atomic E-state index is 0.000656. The minimum atomic E-state index is 0.000656. The number of benzene rings is 2. The second kappa shape index (κ2) is 7.32. The summed E-state index contributed by atoms with van der Waals surface area (Å²) < 4.78 is 0. The van der Waals surface area contributed by atoms with Gasteiger partial charge in [0.25, 0.3) is 5.91 Å². The zero-order chi connectivity index (χ0) is 17.9. The second-order valence-electron chi connectivity index (χ2n) is 7.25. The SMILES string of the molecule is CC1=NN(c2ccc(C(=O)NC[C@@H]3CCCc4ccccc43)cc2)CC1. The van der Waals surface area contributed by atoms with E-state index in [1.54, 1.807) is 0 Å². The fourth-order valence-corrected chi connectivity index (χ4v) is 3.93. The third kappa shape index (κ3) is 3.50. The molecule has 0 fully saturated rings. The minimum Gasteiger partial charge on any atom is -0.351 e. The maximum absolute atomic E-state index is 12.5. The Balaban J connectivity index is 1.38. The third-order valence-electron chi connectivity index (χ3n) is 5.41. The van der Waals surface area contributed by atoms with Crippen LogP contribution in [0.15, 0.2) is 53.6 Å². The first kappa shape index (κ1) is 16.8. The highest BCUT2D eigenvalue weighted by Gasteiger charge is 2.20. The summed E-state index contributed by atoms with van der Waals surface area (Å²) in [5.41, 5.74) is 5.73. The zero-order valence-corrected chi connectivity index (χ0v) is 15.2. The monoisotopic (exact) mass is 347 g/mol. The molecular formula is C22H25N3O. The predicted molar refractivity (Wildman–Crippen MR) is 106 cm³/mol. The molecule has 0 saturated heterocycles. The van der Waals surface area contributed by atoms with Gasteiger partial charge >= 0.3 is 0 Å². The topological polar surface area (TPSA) is 44.7 Å². The number of carbonyl (C=O) groups excluding carboxylic acids is 1. The number of anilines is 1. The van der Waals surface area contributed by atoms with Gasteiger partial charge < -0.3 is 5.32 Å². The molecule has 0 unspecified atom stereocenters. The number of amides is 1. The van der Waals surface area contributed by atoms with Crippen molar-refractivity contribution in [2.45, 2.75) is 38.5 Å². The van der Waals surface area contributed by atoms with Crippen molar-refractivity contribution in [1.29, 1.82) is 0 Å². The van der Waals surface area contributed by atoms with Crippen LogP contribution in [0, 0.1) is 0 Å². The van der Waals surface area contributed by atoms with Gasteiger partial charge in [-0.15, -0.1) is 0 Å². The Morgan fingerprint density at radius 3 is 2.73 bits per heavy atom. The zero-order valence-electron chi connectivity index (χ0n) is 15.2. The van der Waals surface area contributed by atoms with E-state index >= 15 is 0 Å². The van der Waals surface area contributed by atoms with Crippen LogP contribution >= 0.6 is 0 Å². The molecule has 0 spiro atoms. The van der Waals surface area contributed by atoms with Crippen LogP contribution < -0.4 is 10.3 Å². The predicted octanol–water partition coefficient (Wildman–Crippen LogP) is 4.12. The van der Waals surface area contributed by atoms with Crippen LogP contribution in [0.3, 0.4) is 0 Å². The number of rotatable bonds is 4. The van der Waals surface area contributed by atoms with Gasteiger partial charge in [0, 0.05) is 36.7 Å². The number of nitrogens with one attached hydrogen (secondary N) is 1. The standard InChI is InChI=1S/C22H25N3O/c1-16-13-14-25(24-16)20-11-9-18(10-12-20)22(26)23-15-19-7-4-6-17-5-2-3-8-21(17)19/h2-3,5,8-12,19H,4,6-7,13-15H2,1H3,(H,23,26)/t19-/m0/s1. The molecule has 2 aromatic carbocycles. The molecule has 0 saturated carbocycles. The fraction of sp³-hybridized carbons (Fsp3) is 0.364. The smallest absolute Gasteiger partial charge is 0.251 e. The Morgan fingerprint density at radius 1 is 1.15 bits per heavy atom. The van der Waals surface area contributed by atoms with Crippen LogP contribution in [0.1, 0.15) is 53.6 Å². The van der Waals surface area contributed by atoms with E-state index in [1.807, 2.05) is 36.2 Å². The van der Waals surface area contributed by atoms with Crippen molar-refractivity contribution >= 4 is 17.3 Å². The first-order valence-electron chi connectivity index (χ1n) is 9.48. The molecule has 4 heteroatoms. The molecule has 1 N–H and O–H groups in total. The van der Waals surface area contributed by atoms with Crippen molar-refractivity contribution in [3.63, 3.8) is 0 Å². The highest BCUT2D eigenvalue weighted by Crippen LogP contribution is 2.30. The maximum Gasteiger partial charge on any atom is 0.251 e. The number of carbonyl (C=O) groups is 1. The van der Waals surface area contributed by atoms with E-state index in [1.165, 1.54) is 17.5 Å². The van der Waals surface area contributed by atoms with Crippen LogP contribution in [0.5, 0.6) is 0 Å². The molecule has 4 rings (SSSR count). The van der Waals surface area contributed by atoms with Crippen molar-refractivity contribution in [2.75, 3.05) is 18.1 Å². The summed E-state index contributed by atoms with van der Waals surface area (Å²) in [6, 6.07) is 16.4. The van der Waals surface area contributed by atoms with Gasteiger partial charge in [0.2, 0.25) is 0 Å². The molecular weight excluding hydrogens is 322 g/mol. The molecule has 0 bridgehead atoms. The number of hydrogen-bond acceptors (Lipinski definition) is 3. The first-order valence-corrected chi connectivity index (χ1v) is 9.48. The van der Waals surface area contributed by atoms with Crippen molar-refractivity contribution in [1.82, 2.24) is 5.32 Å². The largest absolute Gasteiger partial charge is 0.351 e. The lowest BCUT2D eigenvalue weighted by Gasteiger charge is -2.25. The van der Waals surface area contributed by atoms with Crippen LogP contribution in [0.2, 0.25) is 0 Å². The summed E-state index contributed by atoms with van der Waals surface area (Å²) >= 11 is 0. The molecule has 0 radical (unpaired) electrons. The normalized spacial score (nSPS) is 19.0. The lowest BCUT2D eigenvalue weighted by atomic mass is 9.83. The van der Waals surface area contributed by atoms with E-state index < -0.39 is 0 Å². The van der Waals surface area contributed by atoms with Gasteiger partial charge in [-0.1, -0.05) is 24.3 Å². The van der Waals surface area contributed by atoms with Gasteiger partial charge in [-0.3, -0.25) is 9.80 Å². The second-order valence-corrected chi connectivity index (χ2v) is 7.25. The molecule has 1 amide bonds. The van der Waals surface area contributed by atoms with E-state index in [4.69, 9.17) is 0 Å². The number of hydrazone groups is 1. The summed E-state index contributed by atoms with van der Waals surface area (Å²) in [4.78, 5) is 12.5. The van der Waals surface area contributed by atoms with Crippen molar-refractivity contribution in [3.8, 4) is 0 Å². The maximum atomic E-state index is 12.5. The van der Waals surface area contributed by atoms with E-state index in [0.717, 1.165) is 37.2 Å². The van der Waals surface area contributed by atoms with Gasteiger partial charge in [0.1, 0.15) is 0 Å².